The molecular weight excluding hydrogens is 272 g/mol. The predicted octanol–water partition coefficient (Wildman–Crippen LogP) is 3.84. The van der Waals surface area contributed by atoms with Gasteiger partial charge in [-0.1, -0.05) is 25.0 Å². The molecule has 20 heavy (non-hydrogen) atoms. The van der Waals surface area contributed by atoms with Crippen LogP contribution in [0, 0.1) is 0 Å². The fraction of sp³-hybridized carbons (Fsp3) is 0.438. The molecule has 1 N–H and O–H groups in total. The van der Waals surface area contributed by atoms with Crippen LogP contribution in [0.1, 0.15) is 31.2 Å². The third-order valence-corrected chi connectivity index (χ3v) is 4.65. The second kappa shape index (κ2) is 8.00. The summed E-state index contributed by atoms with van der Waals surface area (Å²) in [5.74, 6) is 0.935. The molecule has 2 rings (SSSR count). The maximum atomic E-state index is 10.4. The lowest BCUT2D eigenvalue weighted by Crippen LogP contribution is -2.04. The summed E-state index contributed by atoms with van der Waals surface area (Å²) in [5.41, 5.74) is 0.861. The number of benzene rings is 1. The Morgan fingerprint density at radius 3 is 2.65 bits per heavy atom. The number of rotatable bonds is 7. The van der Waals surface area contributed by atoms with Gasteiger partial charge in [0.25, 0.3) is 0 Å². The van der Waals surface area contributed by atoms with Gasteiger partial charge in [0.2, 0.25) is 0 Å². The first kappa shape index (κ1) is 15.0. The van der Waals surface area contributed by atoms with E-state index in [1.807, 2.05) is 36.0 Å². The third kappa shape index (κ3) is 5.29. The van der Waals surface area contributed by atoms with Gasteiger partial charge in [-0.15, -0.1) is 0 Å². The minimum Gasteiger partial charge on any atom is -0.493 e. The maximum Gasteiger partial charge on any atom is 0.328 e. The van der Waals surface area contributed by atoms with Crippen molar-refractivity contribution in [3.63, 3.8) is 0 Å². The van der Waals surface area contributed by atoms with Crippen LogP contribution in [0.15, 0.2) is 30.3 Å². The van der Waals surface area contributed by atoms with Crippen LogP contribution >= 0.6 is 11.8 Å². The number of carboxylic acid groups (broad SMARTS) is 1. The maximum absolute atomic E-state index is 10.4. The largest absolute Gasteiger partial charge is 0.493 e. The van der Waals surface area contributed by atoms with Crippen LogP contribution < -0.4 is 4.74 Å². The van der Waals surface area contributed by atoms with Crippen LogP contribution in [0.5, 0.6) is 5.75 Å². The highest BCUT2D eigenvalue weighted by Gasteiger charge is 2.14. The van der Waals surface area contributed by atoms with Crippen molar-refractivity contribution in [2.45, 2.75) is 30.9 Å². The van der Waals surface area contributed by atoms with E-state index in [1.54, 1.807) is 6.08 Å². The van der Waals surface area contributed by atoms with Gasteiger partial charge in [-0.25, -0.2) is 4.79 Å². The van der Waals surface area contributed by atoms with Crippen LogP contribution in [-0.2, 0) is 4.79 Å². The third-order valence-electron chi connectivity index (χ3n) is 3.31. The van der Waals surface area contributed by atoms with Crippen LogP contribution in [0.25, 0.3) is 6.08 Å². The van der Waals surface area contributed by atoms with Crippen molar-refractivity contribution < 1.29 is 14.6 Å². The van der Waals surface area contributed by atoms with E-state index in [0.717, 1.165) is 35.0 Å². The normalized spacial score (nSPS) is 15.8. The van der Waals surface area contributed by atoms with Gasteiger partial charge in [0.05, 0.1) is 6.61 Å². The van der Waals surface area contributed by atoms with E-state index < -0.39 is 5.97 Å². The Hall–Kier alpha value is -1.42. The van der Waals surface area contributed by atoms with Gasteiger partial charge < -0.3 is 9.84 Å². The summed E-state index contributed by atoms with van der Waals surface area (Å²) < 4.78 is 5.69. The zero-order chi connectivity index (χ0) is 14.2. The summed E-state index contributed by atoms with van der Waals surface area (Å²) in [5, 5.41) is 9.38. The van der Waals surface area contributed by atoms with Gasteiger partial charge in [-0.05, 0) is 36.6 Å². The summed E-state index contributed by atoms with van der Waals surface area (Å²) in [6.45, 7) is 0.728. The molecule has 108 valence electrons. The van der Waals surface area contributed by atoms with Crippen LogP contribution in [0.3, 0.4) is 0 Å². The first-order valence-corrected chi connectivity index (χ1v) is 8.04. The van der Waals surface area contributed by atoms with Crippen molar-refractivity contribution in [3.8, 4) is 5.75 Å². The average molecular weight is 292 g/mol. The minimum atomic E-state index is -0.936. The van der Waals surface area contributed by atoms with Gasteiger partial charge in [0.15, 0.2) is 0 Å². The van der Waals surface area contributed by atoms with Gasteiger partial charge >= 0.3 is 5.97 Å². The molecule has 1 aromatic carbocycles. The number of carboxylic acids is 1. The Balaban J connectivity index is 1.69. The molecule has 0 spiro atoms. The lowest BCUT2D eigenvalue weighted by molar-refractivity contribution is -0.131. The van der Waals surface area contributed by atoms with E-state index in [1.165, 1.54) is 25.7 Å². The molecule has 0 aromatic heterocycles. The number of ether oxygens (including phenoxy) is 1. The van der Waals surface area contributed by atoms with E-state index in [-0.39, 0.29) is 0 Å². The van der Waals surface area contributed by atoms with E-state index in [4.69, 9.17) is 9.84 Å². The van der Waals surface area contributed by atoms with Crippen LogP contribution in [-0.4, -0.2) is 28.7 Å². The molecule has 0 bridgehead atoms. The summed E-state index contributed by atoms with van der Waals surface area (Å²) in [6.07, 6.45) is 8.18. The highest BCUT2D eigenvalue weighted by atomic mass is 32.2. The molecule has 0 amide bonds. The molecule has 0 aliphatic heterocycles. The Labute approximate surface area is 124 Å². The van der Waals surface area contributed by atoms with Crippen LogP contribution in [0.4, 0.5) is 0 Å². The molecule has 1 aliphatic rings. The second-order valence-electron chi connectivity index (χ2n) is 4.87. The van der Waals surface area contributed by atoms with Crippen molar-refractivity contribution in [1.29, 1.82) is 0 Å². The molecule has 1 saturated carbocycles. The molecule has 0 heterocycles. The fourth-order valence-corrected chi connectivity index (χ4v) is 3.45. The summed E-state index contributed by atoms with van der Waals surface area (Å²) >= 11 is 2.02. The van der Waals surface area contributed by atoms with Crippen molar-refractivity contribution in [1.82, 2.24) is 0 Å². The van der Waals surface area contributed by atoms with Crippen molar-refractivity contribution in [2.75, 3.05) is 12.4 Å². The lowest BCUT2D eigenvalue weighted by Gasteiger charge is -2.09. The van der Waals surface area contributed by atoms with Gasteiger partial charge in [-0.3, -0.25) is 0 Å². The zero-order valence-corrected chi connectivity index (χ0v) is 12.3. The van der Waals surface area contributed by atoms with Crippen molar-refractivity contribution in [3.05, 3.63) is 35.9 Å². The predicted molar refractivity (Wildman–Crippen MR) is 83.3 cm³/mol. The molecule has 0 unspecified atom stereocenters. The topological polar surface area (TPSA) is 46.5 Å². The molecule has 1 aromatic rings. The summed E-state index contributed by atoms with van der Waals surface area (Å²) in [4.78, 5) is 10.4. The summed E-state index contributed by atoms with van der Waals surface area (Å²) in [6, 6.07) is 7.47. The standard InChI is InChI=1S/C16H20O3S/c17-16(18)10-7-13-5-8-14(9-6-13)19-11-12-20-15-3-1-2-4-15/h5-10,15H,1-4,11-12H2,(H,17,18). The minimum absolute atomic E-state index is 0.728. The first-order valence-electron chi connectivity index (χ1n) is 6.99. The smallest absolute Gasteiger partial charge is 0.328 e. The molecule has 1 fully saturated rings. The van der Waals surface area contributed by atoms with E-state index in [9.17, 15) is 4.79 Å². The first-order chi connectivity index (χ1) is 9.74. The molecule has 0 saturated heterocycles. The zero-order valence-electron chi connectivity index (χ0n) is 11.5. The van der Waals surface area contributed by atoms with E-state index >= 15 is 0 Å². The van der Waals surface area contributed by atoms with Gasteiger partial charge in [-0.2, -0.15) is 11.8 Å². The Bertz CT molecular complexity index is 447. The molecular formula is C16H20O3S. The molecule has 3 nitrogen and oxygen atoms in total. The lowest BCUT2D eigenvalue weighted by atomic mass is 10.2. The highest BCUT2D eigenvalue weighted by Crippen LogP contribution is 2.29. The molecule has 4 heteroatoms. The molecule has 0 radical (unpaired) electrons. The average Bonchev–Trinajstić information content (AvgIpc) is 2.96. The number of carbonyl (C=O) groups is 1. The number of hydrogen-bond donors (Lipinski definition) is 1. The van der Waals surface area contributed by atoms with Crippen molar-refractivity contribution in [2.24, 2.45) is 0 Å². The Morgan fingerprint density at radius 1 is 1.30 bits per heavy atom. The SMILES string of the molecule is O=C(O)C=Cc1ccc(OCCSC2CCCC2)cc1. The molecule has 0 atom stereocenters. The second-order valence-corrected chi connectivity index (χ2v) is 6.27. The number of thioether (sulfide) groups is 1. The Morgan fingerprint density at radius 2 is 2.00 bits per heavy atom. The van der Waals surface area contributed by atoms with Crippen LogP contribution in [0.2, 0.25) is 0 Å². The monoisotopic (exact) mass is 292 g/mol. The summed E-state index contributed by atoms with van der Waals surface area (Å²) in [7, 11) is 0. The van der Waals surface area contributed by atoms with E-state index in [2.05, 4.69) is 0 Å². The van der Waals surface area contributed by atoms with Gasteiger partial charge in [0.1, 0.15) is 5.75 Å². The number of aliphatic carboxylic acids is 1. The fourth-order valence-electron chi connectivity index (χ4n) is 2.27. The quantitative estimate of drug-likeness (QED) is 0.612. The number of hydrogen-bond acceptors (Lipinski definition) is 3. The highest BCUT2D eigenvalue weighted by molar-refractivity contribution is 7.99. The van der Waals surface area contributed by atoms with E-state index in [0.29, 0.717) is 0 Å². The Kier molecular flexibility index (Phi) is 5.99. The van der Waals surface area contributed by atoms with Gasteiger partial charge in [0, 0.05) is 17.1 Å². The van der Waals surface area contributed by atoms with Crippen molar-refractivity contribution >= 4 is 23.8 Å². The molecule has 1 aliphatic carbocycles.